The van der Waals surface area contributed by atoms with E-state index in [1.165, 1.54) is 6.07 Å². The van der Waals surface area contributed by atoms with Crippen molar-refractivity contribution in [3.63, 3.8) is 0 Å². The topological polar surface area (TPSA) is 58.6 Å². The van der Waals surface area contributed by atoms with Gasteiger partial charge in [0, 0.05) is 6.04 Å². The molecule has 0 fully saturated rings. The van der Waals surface area contributed by atoms with Crippen LogP contribution < -0.4 is 10.1 Å². The lowest BCUT2D eigenvalue weighted by molar-refractivity contribution is -0.146. The fraction of sp³-hybridized carbons (Fsp3) is 0.562. The normalized spacial score (nSPS) is 14.0. The van der Waals surface area contributed by atoms with E-state index in [4.69, 9.17) is 4.74 Å². The minimum Gasteiger partial charge on any atom is -0.491 e. The molecule has 0 radical (unpaired) electrons. The fourth-order valence-corrected chi connectivity index (χ4v) is 2.34. The summed E-state index contributed by atoms with van der Waals surface area (Å²) in [4.78, 5) is 11.5. The summed E-state index contributed by atoms with van der Waals surface area (Å²) in [6.07, 6.45) is 1.46. The first-order chi connectivity index (χ1) is 9.91. The van der Waals surface area contributed by atoms with E-state index in [1.807, 2.05) is 20.8 Å². The van der Waals surface area contributed by atoms with Crippen LogP contribution in [0, 0.1) is 5.82 Å². The Bertz CT molecular complexity index is 465. The van der Waals surface area contributed by atoms with Gasteiger partial charge < -0.3 is 9.84 Å². The van der Waals surface area contributed by atoms with Crippen molar-refractivity contribution in [1.82, 2.24) is 5.32 Å². The maximum atomic E-state index is 13.4. The van der Waals surface area contributed by atoms with E-state index in [2.05, 4.69) is 5.32 Å². The summed E-state index contributed by atoms with van der Waals surface area (Å²) in [5, 5.41) is 12.6. The summed E-state index contributed by atoms with van der Waals surface area (Å²) in [5.41, 5.74) is -0.952. The molecule has 118 valence electrons. The predicted octanol–water partition coefficient (Wildman–Crippen LogP) is 3.22. The second-order valence-electron chi connectivity index (χ2n) is 5.42. The summed E-state index contributed by atoms with van der Waals surface area (Å²) >= 11 is 0. The molecule has 1 aromatic carbocycles. The average Bonchev–Trinajstić information content (AvgIpc) is 2.43. The predicted molar refractivity (Wildman–Crippen MR) is 80.1 cm³/mol. The van der Waals surface area contributed by atoms with Crippen molar-refractivity contribution < 1.29 is 19.0 Å². The average molecular weight is 297 g/mol. The lowest BCUT2D eigenvalue weighted by Gasteiger charge is -2.31. The first kappa shape index (κ1) is 17.4. The Morgan fingerprint density at radius 3 is 2.62 bits per heavy atom. The van der Waals surface area contributed by atoms with Crippen molar-refractivity contribution in [3.8, 4) is 5.75 Å². The minimum atomic E-state index is -0.952. The molecule has 21 heavy (non-hydrogen) atoms. The highest BCUT2D eigenvalue weighted by Gasteiger charge is 2.36. The molecule has 1 rings (SSSR count). The molecule has 0 saturated heterocycles. The Morgan fingerprint density at radius 2 is 2.10 bits per heavy atom. The van der Waals surface area contributed by atoms with Crippen molar-refractivity contribution in [3.05, 3.63) is 30.1 Å². The highest BCUT2D eigenvalue weighted by atomic mass is 19.1. The zero-order chi connectivity index (χ0) is 15.9. The number of rotatable bonds is 9. The highest BCUT2D eigenvalue weighted by molar-refractivity contribution is 5.78. The number of aliphatic carboxylic acids is 1. The van der Waals surface area contributed by atoms with Gasteiger partial charge in [0.1, 0.15) is 5.54 Å². The quantitative estimate of drug-likeness (QED) is 0.687. The molecule has 1 unspecified atom stereocenters. The van der Waals surface area contributed by atoms with Gasteiger partial charge in [-0.1, -0.05) is 19.1 Å². The van der Waals surface area contributed by atoms with Crippen LogP contribution in [0.4, 0.5) is 4.39 Å². The molecule has 0 bridgehead atoms. The van der Waals surface area contributed by atoms with E-state index >= 15 is 0 Å². The molecule has 2 N–H and O–H groups in total. The molecule has 0 heterocycles. The maximum absolute atomic E-state index is 13.4. The number of benzene rings is 1. The van der Waals surface area contributed by atoms with E-state index in [0.717, 1.165) is 0 Å². The van der Waals surface area contributed by atoms with Crippen LogP contribution in [0.5, 0.6) is 5.75 Å². The zero-order valence-electron chi connectivity index (χ0n) is 12.9. The van der Waals surface area contributed by atoms with Crippen LogP contribution in [-0.4, -0.2) is 29.3 Å². The molecule has 1 atom stereocenters. The summed E-state index contributed by atoms with van der Waals surface area (Å²) < 4.78 is 18.8. The van der Waals surface area contributed by atoms with Crippen LogP contribution >= 0.6 is 0 Å². The number of nitrogens with one attached hydrogen (secondary N) is 1. The number of carboxylic acids is 1. The minimum absolute atomic E-state index is 0.0773. The highest BCUT2D eigenvalue weighted by Crippen LogP contribution is 2.21. The van der Waals surface area contributed by atoms with Crippen LogP contribution in [0.15, 0.2) is 24.3 Å². The number of carbonyl (C=O) groups is 1. The Balaban J connectivity index is 2.54. The number of hydrogen-bond donors (Lipinski definition) is 2. The lowest BCUT2D eigenvalue weighted by Crippen LogP contribution is -2.54. The van der Waals surface area contributed by atoms with Crippen molar-refractivity contribution in [2.75, 3.05) is 6.61 Å². The molecular formula is C16H24FNO3. The Morgan fingerprint density at radius 1 is 1.43 bits per heavy atom. The van der Waals surface area contributed by atoms with Crippen molar-refractivity contribution in [2.24, 2.45) is 0 Å². The molecule has 0 aromatic heterocycles. The first-order valence-corrected chi connectivity index (χ1v) is 7.29. The molecule has 0 aliphatic heterocycles. The van der Waals surface area contributed by atoms with Crippen LogP contribution in [0.25, 0.3) is 0 Å². The number of ether oxygens (including phenoxy) is 1. The van der Waals surface area contributed by atoms with Crippen LogP contribution in [0.2, 0.25) is 0 Å². The molecule has 0 saturated carbocycles. The van der Waals surface area contributed by atoms with E-state index in [0.29, 0.717) is 19.3 Å². The van der Waals surface area contributed by atoms with Gasteiger partial charge in [-0.25, -0.2) is 4.39 Å². The van der Waals surface area contributed by atoms with Crippen molar-refractivity contribution >= 4 is 5.97 Å². The van der Waals surface area contributed by atoms with Gasteiger partial charge in [-0.3, -0.25) is 10.1 Å². The van der Waals surface area contributed by atoms with Crippen molar-refractivity contribution in [1.29, 1.82) is 0 Å². The monoisotopic (exact) mass is 297 g/mol. The van der Waals surface area contributed by atoms with Gasteiger partial charge >= 0.3 is 5.97 Å². The van der Waals surface area contributed by atoms with Gasteiger partial charge in [-0.2, -0.15) is 0 Å². The van der Waals surface area contributed by atoms with E-state index in [-0.39, 0.29) is 18.4 Å². The second kappa shape index (κ2) is 7.98. The second-order valence-corrected chi connectivity index (χ2v) is 5.42. The van der Waals surface area contributed by atoms with Gasteiger partial charge in [0.05, 0.1) is 6.61 Å². The van der Waals surface area contributed by atoms with Gasteiger partial charge in [-0.05, 0) is 45.2 Å². The van der Waals surface area contributed by atoms with Crippen molar-refractivity contribution in [2.45, 2.75) is 51.6 Å². The Kier molecular flexibility index (Phi) is 6.62. The van der Waals surface area contributed by atoms with Crippen LogP contribution in [0.1, 0.15) is 40.0 Å². The standard InChI is InChI=1S/C16H24FNO3/c1-4-16(15(19)20,18-12(2)3)10-7-11-21-14-9-6-5-8-13(14)17/h5-6,8-9,12,18H,4,7,10-11H2,1-3H3,(H,19,20). The number of carboxylic acid groups (broad SMARTS) is 1. The molecule has 5 heteroatoms. The number of hydrogen-bond acceptors (Lipinski definition) is 3. The summed E-state index contributed by atoms with van der Waals surface area (Å²) in [5.74, 6) is -1.06. The third-order valence-electron chi connectivity index (χ3n) is 3.42. The molecule has 0 aliphatic rings. The molecule has 0 amide bonds. The summed E-state index contributed by atoms with van der Waals surface area (Å²) in [6, 6.07) is 6.27. The van der Waals surface area contributed by atoms with Gasteiger partial charge in [0.25, 0.3) is 0 Å². The van der Waals surface area contributed by atoms with Gasteiger partial charge in [0.15, 0.2) is 11.6 Å². The van der Waals surface area contributed by atoms with E-state index < -0.39 is 17.3 Å². The van der Waals surface area contributed by atoms with Gasteiger partial charge in [-0.15, -0.1) is 0 Å². The van der Waals surface area contributed by atoms with Crippen LogP contribution in [0.3, 0.4) is 0 Å². The maximum Gasteiger partial charge on any atom is 0.323 e. The van der Waals surface area contributed by atoms with Crippen LogP contribution in [-0.2, 0) is 4.79 Å². The number of halogens is 1. The third-order valence-corrected chi connectivity index (χ3v) is 3.42. The smallest absolute Gasteiger partial charge is 0.323 e. The SMILES string of the molecule is CCC(CCCOc1ccccc1F)(NC(C)C)C(=O)O. The first-order valence-electron chi connectivity index (χ1n) is 7.29. The zero-order valence-corrected chi connectivity index (χ0v) is 12.9. The summed E-state index contributed by atoms with van der Waals surface area (Å²) in [7, 11) is 0. The molecule has 0 aliphatic carbocycles. The number of para-hydroxylation sites is 1. The lowest BCUT2D eigenvalue weighted by atomic mass is 9.89. The van der Waals surface area contributed by atoms with E-state index in [1.54, 1.807) is 18.2 Å². The van der Waals surface area contributed by atoms with E-state index in [9.17, 15) is 14.3 Å². The molecule has 1 aromatic rings. The Labute approximate surface area is 125 Å². The summed E-state index contributed by atoms with van der Waals surface area (Å²) in [6.45, 7) is 5.98. The van der Waals surface area contributed by atoms with Gasteiger partial charge in [0.2, 0.25) is 0 Å². The molecule has 4 nitrogen and oxygen atoms in total. The third kappa shape index (κ3) is 5.01. The fourth-order valence-electron chi connectivity index (χ4n) is 2.34. The largest absolute Gasteiger partial charge is 0.491 e. The molecule has 0 spiro atoms. The Hall–Kier alpha value is -1.62. The molecular weight excluding hydrogens is 273 g/mol.